The Labute approximate surface area is 861 Å². The fourth-order valence-corrected chi connectivity index (χ4v) is 23.6. The fourth-order valence-electron chi connectivity index (χ4n) is 22.5. The van der Waals surface area contributed by atoms with Crippen molar-refractivity contribution in [3.05, 3.63) is 551 Å². The first-order chi connectivity index (χ1) is 73.1. The summed E-state index contributed by atoms with van der Waals surface area (Å²) < 4.78 is 22.5. The highest BCUT2D eigenvalue weighted by atomic mass is 32.1. The first-order valence-electron chi connectivity index (χ1n) is 50.6. The Kier molecular flexibility index (Phi) is 22.1. The minimum Gasteiger partial charge on any atom is -0.455 e. The Morgan fingerprint density at radius 3 is 0.872 bits per heavy atom. The normalized spacial score (nSPS) is 12.0. The molecule has 0 amide bonds. The molecule has 0 bridgehead atoms. The second-order valence-corrected chi connectivity index (χ2v) is 39.9. The Morgan fingerprint density at radius 2 is 0.459 bits per heavy atom. The van der Waals surface area contributed by atoms with Crippen LogP contribution in [0.1, 0.15) is 25.0 Å². The van der Waals surface area contributed by atoms with Gasteiger partial charge in [0.1, 0.15) is 33.5 Å². The lowest BCUT2D eigenvalue weighted by Gasteiger charge is -2.29. The number of rotatable bonds is 16. The van der Waals surface area contributed by atoms with Crippen molar-refractivity contribution >= 4 is 181 Å². The van der Waals surface area contributed by atoms with E-state index in [1.165, 1.54) is 120 Å². The molecule has 0 saturated carbocycles. The van der Waals surface area contributed by atoms with Crippen LogP contribution in [-0.2, 0) is 5.41 Å². The van der Waals surface area contributed by atoms with E-state index in [9.17, 15) is 0 Å². The Balaban J connectivity index is 0.000000110. The Bertz CT molecular complexity index is 9920. The Morgan fingerprint density at radius 1 is 0.176 bits per heavy atom. The molecule has 0 atom stereocenters. The lowest BCUT2D eigenvalue weighted by atomic mass is 9.82. The van der Waals surface area contributed by atoms with Crippen molar-refractivity contribution in [3.8, 4) is 89.0 Å². The van der Waals surface area contributed by atoms with E-state index in [-0.39, 0.29) is 5.41 Å². The zero-order valence-electron chi connectivity index (χ0n) is 81.4. The quantitative estimate of drug-likeness (QED) is 0.0961. The van der Waals surface area contributed by atoms with Gasteiger partial charge in [0, 0.05) is 108 Å². The molecule has 4 heterocycles. The van der Waals surface area contributed by atoms with E-state index in [4.69, 9.17) is 13.3 Å². The van der Waals surface area contributed by atoms with Gasteiger partial charge >= 0.3 is 0 Å². The summed E-state index contributed by atoms with van der Waals surface area (Å²) in [4.78, 5) is 7.18. The van der Waals surface area contributed by atoms with Crippen LogP contribution < -0.4 is 14.7 Å². The largest absolute Gasteiger partial charge is 0.455 e. The van der Waals surface area contributed by atoms with Crippen LogP contribution in [0.25, 0.3) is 207 Å². The maximum Gasteiger partial charge on any atom is 0.145 e. The van der Waals surface area contributed by atoms with Gasteiger partial charge in [0.2, 0.25) is 0 Å². The van der Waals surface area contributed by atoms with Crippen LogP contribution in [0, 0.1) is 0 Å². The molecule has 1 aliphatic rings. The summed E-state index contributed by atoms with van der Waals surface area (Å²) in [6, 6.07) is 194. The molecule has 0 spiro atoms. The summed E-state index contributed by atoms with van der Waals surface area (Å²) in [7, 11) is 0. The molecular weight excluding hydrogens is 1820 g/mol. The highest BCUT2D eigenvalue weighted by Gasteiger charge is 2.37. The van der Waals surface area contributed by atoms with Gasteiger partial charge in [0.25, 0.3) is 0 Å². The summed E-state index contributed by atoms with van der Waals surface area (Å²) in [5.41, 5.74) is 37.2. The van der Waals surface area contributed by atoms with Crippen molar-refractivity contribution in [2.45, 2.75) is 19.3 Å². The third kappa shape index (κ3) is 15.8. The molecule has 0 unspecified atom stereocenters. The third-order valence-corrected chi connectivity index (χ3v) is 31.0. The third-order valence-electron chi connectivity index (χ3n) is 29.8. The number of hydrogen-bond acceptors (Lipinski definition) is 7. The van der Waals surface area contributed by atoms with Gasteiger partial charge in [0.05, 0.1) is 17.1 Å². The summed E-state index contributed by atoms with van der Waals surface area (Å²) >= 11 is 1.85. The van der Waals surface area contributed by atoms with E-state index in [2.05, 4.69) is 550 Å². The molecule has 4 aromatic heterocycles. The van der Waals surface area contributed by atoms with Gasteiger partial charge in [0.15, 0.2) is 0 Å². The summed E-state index contributed by atoms with van der Waals surface area (Å²) in [6.07, 6.45) is 0. The monoisotopic (exact) mass is 1910 g/mol. The minimum atomic E-state index is -0.117. The predicted octanol–water partition coefficient (Wildman–Crippen LogP) is 41.0. The van der Waals surface area contributed by atoms with Crippen LogP contribution in [0.5, 0.6) is 0 Å². The zero-order valence-corrected chi connectivity index (χ0v) is 82.2. The Hall–Kier alpha value is -18.9. The fraction of sp³-hybridized carbons (Fsp3) is 0.0213. The van der Waals surface area contributed by atoms with E-state index < -0.39 is 0 Å². The van der Waals surface area contributed by atoms with Crippen molar-refractivity contribution in [1.82, 2.24) is 0 Å². The van der Waals surface area contributed by atoms with Gasteiger partial charge in [-0.15, -0.1) is 11.3 Å². The molecule has 148 heavy (non-hydrogen) atoms. The summed E-state index contributed by atoms with van der Waals surface area (Å²) in [5.74, 6) is 0. The maximum atomic E-state index is 6.67. The van der Waals surface area contributed by atoms with E-state index in [1.54, 1.807) is 0 Å². The van der Waals surface area contributed by atoms with Gasteiger partial charge in [-0.25, -0.2) is 0 Å². The van der Waals surface area contributed by atoms with Crippen LogP contribution in [0.4, 0.5) is 51.2 Å². The number of fused-ring (bicyclic) bond motifs is 21. The second-order valence-electron chi connectivity index (χ2n) is 38.8. The van der Waals surface area contributed by atoms with Gasteiger partial charge in [-0.2, -0.15) is 0 Å². The molecule has 1 aliphatic carbocycles. The average molecular weight is 1910 g/mol. The lowest BCUT2D eigenvalue weighted by molar-refractivity contribution is 0.660. The summed E-state index contributed by atoms with van der Waals surface area (Å²) in [5, 5.41) is 16.1. The van der Waals surface area contributed by atoms with E-state index in [0.717, 1.165) is 149 Å². The molecule has 0 N–H and O–H groups in total. The molecule has 0 aliphatic heterocycles. The van der Waals surface area contributed by atoms with Crippen LogP contribution in [0.3, 0.4) is 0 Å². The van der Waals surface area contributed by atoms with Crippen LogP contribution >= 0.6 is 11.3 Å². The number of para-hydroxylation sites is 3. The number of benzene rings is 24. The molecule has 0 radical (unpaired) electrons. The molecule has 6 nitrogen and oxygen atoms in total. The molecule has 0 fully saturated rings. The van der Waals surface area contributed by atoms with Crippen LogP contribution in [-0.4, -0.2) is 0 Å². The van der Waals surface area contributed by atoms with Crippen molar-refractivity contribution in [3.63, 3.8) is 0 Å². The van der Waals surface area contributed by atoms with Crippen molar-refractivity contribution in [1.29, 1.82) is 0 Å². The molecular formula is C141H95N3O3S. The highest BCUT2D eigenvalue weighted by molar-refractivity contribution is 7.25. The zero-order chi connectivity index (χ0) is 98.3. The van der Waals surface area contributed by atoms with Crippen LogP contribution in [0.2, 0.25) is 0 Å². The summed E-state index contributed by atoms with van der Waals surface area (Å²) in [6.45, 7) is 4.69. The van der Waals surface area contributed by atoms with Gasteiger partial charge in [-0.05, 0) is 256 Å². The lowest BCUT2D eigenvalue weighted by Crippen LogP contribution is -2.16. The molecule has 0 saturated heterocycles. The number of hydrogen-bond donors (Lipinski definition) is 0. The molecule has 28 aromatic rings. The molecule has 7 heteroatoms. The SMILES string of the molecule is CC1(C)c2ccccc2-c2ccc(N(c3ccc(-c4ccc(-c5ccccc5)cc4)cc3)c3cccc4ccc5c6ccccc6oc5c34)cc21.c1ccc(-c2ccc(-c3ccc(N(c4cccc(-c5ccccc5)c4)c4cccc5ccc6c7ccccc7oc6c45)cc3)cc2)cc1.c1ccc(-c2ccc(-c3cccc(N(c4ccc5sc6ccccc6c5c4)c4cccc5ccc6c7ccccc7oc6c45)c3)cc2)cc1. The van der Waals surface area contributed by atoms with E-state index in [1.807, 2.05) is 29.5 Å². The minimum absolute atomic E-state index is 0.117. The van der Waals surface area contributed by atoms with Crippen LogP contribution in [0.15, 0.2) is 553 Å². The van der Waals surface area contributed by atoms with Gasteiger partial charge < -0.3 is 28.0 Å². The van der Waals surface area contributed by atoms with E-state index in [0.29, 0.717) is 0 Å². The first-order valence-corrected chi connectivity index (χ1v) is 51.4. The maximum absolute atomic E-state index is 6.67. The smallest absolute Gasteiger partial charge is 0.145 e. The molecule has 698 valence electrons. The molecule has 24 aromatic carbocycles. The number of thiophene rings is 1. The van der Waals surface area contributed by atoms with E-state index >= 15 is 0 Å². The first kappa shape index (κ1) is 88.0. The van der Waals surface area contributed by atoms with Crippen molar-refractivity contribution in [2.24, 2.45) is 0 Å². The van der Waals surface area contributed by atoms with Gasteiger partial charge in [-0.3, -0.25) is 0 Å². The topological polar surface area (TPSA) is 49.1 Å². The second kappa shape index (κ2) is 37.1. The number of nitrogens with zero attached hydrogens (tertiary/aromatic N) is 3. The predicted molar refractivity (Wildman–Crippen MR) is 626 cm³/mol. The standard InChI is InChI=1S/C49H35NO.C46H29NOS.C46H31NO/c1-49(2)43-16-8-6-14-39(43)40-30-28-38(31-44(40)49)50(37-26-23-35(24-27-37)34-21-19-33(20-22-34)32-11-4-3-5-12-32)45-17-10-13-36-25-29-42-41-15-7-9-18-46(41)51-48(42)47(36)45;1-2-10-30(11-3-1)31-20-22-32(23-21-31)34-13-8-14-35(28-34)47(36-25-27-44-40(29-36)38-16-5-7-19-43(38)49-44)41-17-9-12-33-24-26-39-37-15-4-6-18-42(37)48-46(39)45(33)41;1-3-11-32(12-4-1)34-21-23-35(24-22-34)36-25-28-39(29-26-36)47(40-17-9-16-38(31-40)33-13-5-2-6-14-33)43-19-10-15-37-27-30-42-41-18-7-8-20-44(41)48-46(42)45(37)43/h3-31H,1-2H3;1-29H;1-31H. The molecule has 29 rings (SSSR count). The highest BCUT2D eigenvalue weighted by Crippen LogP contribution is 2.55. The van der Waals surface area contributed by atoms with Gasteiger partial charge in [-0.1, -0.05) is 414 Å². The number of furan rings is 3. The van der Waals surface area contributed by atoms with Crippen molar-refractivity contribution < 1.29 is 13.3 Å². The van der Waals surface area contributed by atoms with Crippen molar-refractivity contribution in [2.75, 3.05) is 14.7 Å². The average Bonchev–Trinajstić information content (AvgIpc) is 1.54. The number of anilines is 9.